The van der Waals surface area contributed by atoms with Crippen LogP contribution in [0.4, 0.5) is 0 Å². The minimum absolute atomic E-state index is 1.16. The van der Waals surface area contributed by atoms with Crippen molar-refractivity contribution in [1.29, 1.82) is 0 Å². The summed E-state index contributed by atoms with van der Waals surface area (Å²) in [5.74, 6) is 0. The summed E-state index contributed by atoms with van der Waals surface area (Å²) in [5, 5.41) is 7.52. The number of aryl methyl sites for hydroxylation is 1. The van der Waals surface area contributed by atoms with Crippen molar-refractivity contribution < 1.29 is 0 Å². The van der Waals surface area contributed by atoms with Crippen molar-refractivity contribution in [2.75, 3.05) is 0 Å². The van der Waals surface area contributed by atoms with Crippen molar-refractivity contribution >= 4 is 43.4 Å². The summed E-state index contributed by atoms with van der Waals surface area (Å²) in [6.45, 7) is 2.14. The van der Waals surface area contributed by atoms with Crippen LogP contribution in [0.3, 0.4) is 0 Å². The number of hydrogen-bond donors (Lipinski definition) is 0. The minimum atomic E-state index is 1.16. The summed E-state index contributed by atoms with van der Waals surface area (Å²) in [6.07, 6.45) is 3.82. The number of fused-ring (bicyclic) bond motifs is 6. The molecule has 0 spiro atoms. The van der Waals surface area contributed by atoms with Crippen LogP contribution in [0, 0.1) is 6.92 Å². The second-order valence-electron chi connectivity index (χ2n) is 10.6. The van der Waals surface area contributed by atoms with Gasteiger partial charge in [-0.05, 0) is 81.7 Å². The van der Waals surface area contributed by atoms with E-state index in [1.165, 1.54) is 71.2 Å². The smallest absolute Gasteiger partial charge is 0.0619 e. The molecular weight excluding hydrogens is 484 g/mol. The number of para-hydroxylation sites is 1. The molecular formula is C38H26N2. The van der Waals surface area contributed by atoms with E-state index >= 15 is 0 Å². The van der Waals surface area contributed by atoms with Crippen LogP contribution < -0.4 is 0 Å². The summed E-state index contributed by atoms with van der Waals surface area (Å²) in [5.41, 5.74) is 9.67. The van der Waals surface area contributed by atoms with Crippen molar-refractivity contribution in [3.05, 3.63) is 145 Å². The lowest BCUT2D eigenvalue weighted by atomic mass is 9.98. The third kappa shape index (κ3) is 3.54. The van der Waals surface area contributed by atoms with Crippen LogP contribution in [0.2, 0.25) is 0 Å². The monoisotopic (exact) mass is 510 g/mol. The Kier molecular flexibility index (Phi) is 5.08. The molecule has 188 valence electrons. The van der Waals surface area contributed by atoms with E-state index in [0.717, 1.165) is 5.69 Å². The molecule has 0 aliphatic carbocycles. The van der Waals surface area contributed by atoms with Gasteiger partial charge in [-0.1, -0.05) is 91.0 Å². The Bertz CT molecular complexity index is 2220. The molecule has 2 heterocycles. The highest BCUT2D eigenvalue weighted by molar-refractivity contribution is 6.19. The topological polar surface area (TPSA) is 17.8 Å². The maximum absolute atomic E-state index is 4.38. The van der Waals surface area contributed by atoms with Gasteiger partial charge >= 0.3 is 0 Å². The molecule has 0 fully saturated rings. The molecule has 0 unspecified atom stereocenters. The van der Waals surface area contributed by atoms with Gasteiger partial charge in [0.05, 0.1) is 11.0 Å². The van der Waals surface area contributed by atoms with Gasteiger partial charge in [0.2, 0.25) is 0 Å². The van der Waals surface area contributed by atoms with Gasteiger partial charge in [-0.3, -0.25) is 4.98 Å². The Morgan fingerprint density at radius 3 is 2.08 bits per heavy atom. The molecule has 2 nitrogen and oxygen atoms in total. The largest absolute Gasteiger partial charge is 0.309 e. The minimum Gasteiger partial charge on any atom is -0.309 e. The average Bonchev–Trinajstić information content (AvgIpc) is 3.35. The summed E-state index contributed by atoms with van der Waals surface area (Å²) in [6, 6.07) is 46.4. The molecule has 0 saturated heterocycles. The number of pyridine rings is 1. The van der Waals surface area contributed by atoms with E-state index in [1.807, 2.05) is 12.4 Å². The SMILES string of the molecule is Cc1ccncc1-c1ccc2c(ccc3c4ccc(-c5ccc6ccccc6c5)cc4n(-c4ccccc4)c23)c1. The van der Waals surface area contributed by atoms with Gasteiger partial charge in [-0.2, -0.15) is 0 Å². The van der Waals surface area contributed by atoms with Crippen molar-refractivity contribution in [3.8, 4) is 27.9 Å². The number of nitrogens with zero attached hydrogens (tertiary/aromatic N) is 2. The Balaban J connectivity index is 1.41. The van der Waals surface area contributed by atoms with E-state index in [2.05, 4.69) is 144 Å². The fourth-order valence-corrected chi connectivity index (χ4v) is 6.16. The molecule has 0 aliphatic heterocycles. The lowest BCUT2D eigenvalue weighted by molar-refractivity contribution is 1.19. The highest BCUT2D eigenvalue weighted by Gasteiger charge is 2.16. The average molecular weight is 511 g/mol. The van der Waals surface area contributed by atoms with Gasteiger partial charge in [0.1, 0.15) is 0 Å². The van der Waals surface area contributed by atoms with Crippen molar-refractivity contribution in [1.82, 2.24) is 9.55 Å². The molecule has 0 bridgehead atoms. The Hall–Kier alpha value is -5.21. The molecule has 0 radical (unpaired) electrons. The lowest BCUT2D eigenvalue weighted by Gasteiger charge is -2.12. The molecule has 8 aromatic rings. The van der Waals surface area contributed by atoms with E-state index in [0.29, 0.717) is 0 Å². The molecule has 2 aromatic heterocycles. The summed E-state index contributed by atoms with van der Waals surface area (Å²) in [7, 11) is 0. The Labute approximate surface area is 232 Å². The summed E-state index contributed by atoms with van der Waals surface area (Å²) >= 11 is 0. The van der Waals surface area contributed by atoms with Gasteiger partial charge in [-0.25, -0.2) is 0 Å². The third-order valence-corrected chi connectivity index (χ3v) is 8.19. The standard InChI is InChI=1S/C38H26N2/c1-25-19-20-39-24-36(25)31-14-16-33-30(22-31)15-18-35-34-17-13-29(28-12-11-26-7-5-6-8-27(26)21-28)23-37(34)40(38(33)35)32-9-3-2-4-10-32/h2-24H,1H3. The molecule has 8 rings (SSSR count). The lowest BCUT2D eigenvalue weighted by Crippen LogP contribution is -1.94. The first kappa shape index (κ1) is 22.7. The number of benzene rings is 6. The highest BCUT2D eigenvalue weighted by Crippen LogP contribution is 2.39. The predicted molar refractivity (Wildman–Crippen MR) is 169 cm³/mol. The van der Waals surface area contributed by atoms with Crippen LogP contribution in [0.5, 0.6) is 0 Å². The first-order valence-corrected chi connectivity index (χ1v) is 13.7. The molecule has 6 aromatic carbocycles. The van der Waals surface area contributed by atoms with Crippen LogP contribution in [-0.2, 0) is 0 Å². The van der Waals surface area contributed by atoms with E-state index < -0.39 is 0 Å². The van der Waals surface area contributed by atoms with Crippen LogP contribution in [-0.4, -0.2) is 9.55 Å². The van der Waals surface area contributed by atoms with Gasteiger partial charge in [0.25, 0.3) is 0 Å². The Morgan fingerprint density at radius 1 is 0.525 bits per heavy atom. The molecule has 0 atom stereocenters. The first-order chi connectivity index (χ1) is 19.7. The van der Waals surface area contributed by atoms with E-state index in [-0.39, 0.29) is 0 Å². The van der Waals surface area contributed by atoms with Gasteiger partial charge in [0, 0.05) is 39.8 Å². The van der Waals surface area contributed by atoms with E-state index in [4.69, 9.17) is 0 Å². The first-order valence-electron chi connectivity index (χ1n) is 13.7. The zero-order valence-corrected chi connectivity index (χ0v) is 22.2. The molecule has 0 N–H and O–H groups in total. The summed E-state index contributed by atoms with van der Waals surface area (Å²) in [4.78, 5) is 4.38. The third-order valence-electron chi connectivity index (χ3n) is 8.19. The van der Waals surface area contributed by atoms with Gasteiger partial charge in [0.15, 0.2) is 0 Å². The van der Waals surface area contributed by atoms with E-state index in [1.54, 1.807) is 0 Å². The number of aromatic nitrogens is 2. The molecule has 0 saturated carbocycles. The fraction of sp³-hybridized carbons (Fsp3) is 0.0263. The quantitative estimate of drug-likeness (QED) is 0.231. The number of hydrogen-bond acceptors (Lipinski definition) is 1. The molecule has 40 heavy (non-hydrogen) atoms. The van der Waals surface area contributed by atoms with Crippen LogP contribution in [0.25, 0.3) is 71.3 Å². The second-order valence-corrected chi connectivity index (χ2v) is 10.6. The zero-order chi connectivity index (χ0) is 26.6. The van der Waals surface area contributed by atoms with Crippen molar-refractivity contribution in [2.24, 2.45) is 0 Å². The molecule has 2 heteroatoms. The van der Waals surface area contributed by atoms with Gasteiger partial charge < -0.3 is 4.57 Å². The predicted octanol–water partition coefficient (Wildman–Crippen LogP) is 10.1. The van der Waals surface area contributed by atoms with Crippen molar-refractivity contribution in [3.63, 3.8) is 0 Å². The van der Waals surface area contributed by atoms with Crippen LogP contribution >= 0.6 is 0 Å². The van der Waals surface area contributed by atoms with Crippen LogP contribution in [0.15, 0.2) is 140 Å². The van der Waals surface area contributed by atoms with Gasteiger partial charge in [-0.15, -0.1) is 0 Å². The maximum atomic E-state index is 4.38. The van der Waals surface area contributed by atoms with Crippen LogP contribution in [0.1, 0.15) is 5.56 Å². The number of rotatable bonds is 3. The summed E-state index contributed by atoms with van der Waals surface area (Å²) < 4.78 is 2.44. The zero-order valence-electron chi connectivity index (χ0n) is 22.2. The Morgan fingerprint density at radius 2 is 1.20 bits per heavy atom. The van der Waals surface area contributed by atoms with E-state index in [9.17, 15) is 0 Å². The molecule has 0 amide bonds. The fourth-order valence-electron chi connectivity index (χ4n) is 6.16. The maximum Gasteiger partial charge on any atom is 0.0619 e. The highest BCUT2D eigenvalue weighted by atomic mass is 15.0. The van der Waals surface area contributed by atoms with Crippen molar-refractivity contribution in [2.45, 2.75) is 6.92 Å². The molecule has 0 aliphatic rings. The second kappa shape index (κ2) is 8.93. The normalized spacial score (nSPS) is 11.6.